The van der Waals surface area contributed by atoms with Crippen LogP contribution in [0, 0.1) is 0 Å². The van der Waals surface area contributed by atoms with E-state index in [4.69, 9.17) is 14.2 Å². The van der Waals surface area contributed by atoms with Gasteiger partial charge in [0.15, 0.2) is 11.5 Å². The number of rotatable bonds is 9. The second kappa shape index (κ2) is 10.0. The maximum Gasteiger partial charge on any atom is 0.253 e. The van der Waals surface area contributed by atoms with Crippen molar-refractivity contribution in [2.75, 3.05) is 26.9 Å². The van der Waals surface area contributed by atoms with Gasteiger partial charge in [-0.3, -0.25) is 4.79 Å². The summed E-state index contributed by atoms with van der Waals surface area (Å²) < 4.78 is 17.2. The van der Waals surface area contributed by atoms with Crippen LogP contribution >= 0.6 is 0 Å². The van der Waals surface area contributed by atoms with Gasteiger partial charge in [-0.1, -0.05) is 31.0 Å². The van der Waals surface area contributed by atoms with E-state index < -0.39 is 0 Å². The average Bonchev–Trinajstić information content (AvgIpc) is 3.27. The number of carbonyl (C=O) groups is 1. The van der Waals surface area contributed by atoms with Gasteiger partial charge in [0.1, 0.15) is 19.0 Å². The second-order valence-electron chi connectivity index (χ2n) is 6.96. The zero-order valence-electron chi connectivity index (χ0n) is 16.7. The molecule has 0 bridgehead atoms. The first-order valence-electron chi connectivity index (χ1n) is 10.0. The summed E-state index contributed by atoms with van der Waals surface area (Å²) in [6.07, 6.45) is 4.57. The Labute approximate surface area is 167 Å². The van der Waals surface area contributed by atoms with Crippen LogP contribution in [0.2, 0.25) is 0 Å². The predicted molar refractivity (Wildman–Crippen MR) is 109 cm³/mol. The molecule has 0 saturated heterocycles. The molecule has 1 aliphatic rings. The lowest BCUT2D eigenvalue weighted by molar-refractivity contribution is 0.0734. The van der Waals surface area contributed by atoms with Gasteiger partial charge in [0.25, 0.3) is 5.91 Å². The summed E-state index contributed by atoms with van der Waals surface area (Å²) in [6, 6.07) is 15.4. The molecule has 150 valence electrons. The summed E-state index contributed by atoms with van der Waals surface area (Å²) in [6.45, 7) is 3.25. The van der Waals surface area contributed by atoms with Gasteiger partial charge in [-0.25, -0.2) is 0 Å². The largest absolute Gasteiger partial charge is 0.490 e. The van der Waals surface area contributed by atoms with Crippen LogP contribution < -0.4 is 14.2 Å². The summed E-state index contributed by atoms with van der Waals surface area (Å²) in [5.74, 6) is 2.06. The summed E-state index contributed by atoms with van der Waals surface area (Å²) >= 11 is 0. The minimum absolute atomic E-state index is 0.0341. The third-order valence-corrected chi connectivity index (χ3v) is 5.04. The fourth-order valence-electron chi connectivity index (χ4n) is 3.52. The summed E-state index contributed by atoms with van der Waals surface area (Å²) in [7, 11) is 1.89. The first-order chi connectivity index (χ1) is 13.7. The molecule has 0 aliphatic heterocycles. The van der Waals surface area contributed by atoms with Crippen molar-refractivity contribution in [1.29, 1.82) is 0 Å². The highest BCUT2D eigenvalue weighted by molar-refractivity contribution is 5.95. The van der Waals surface area contributed by atoms with Crippen molar-refractivity contribution in [2.45, 2.75) is 38.6 Å². The van der Waals surface area contributed by atoms with E-state index in [0.29, 0.717) is 42.9 Å². The fourth-order valence-corrected chi connectivity index (χ4v) is 3.52. The Morgan fingerprint density at radius 3 is 2.39 bits per heavy atom. The third-order valence-electron chi connectivity index (χ3n) is 5.04. The van der Waals surface area contributed by atoms with E-state index in [1.54, 1.807) is 6.07 Å². The SMILES string of the molecule is CCOc1cc(C(=O)N(C)C2CCCC2)ccc1OCCOc1ccccc1. The van der Waals surface area contributed by atoms with Crippen LogP contribution in [0.5, 0.6) is 17.2 Å². The summed E-state index contributed by atoms with van der Waals surface area (Å²) in [5, 5.41) is 0. The Morgan fingerprint density at radius 2 is 1.68 bits per heavy atom. The molecule has 1 amide bonds. The molecule has 0 radical (unpaired) electrons. The first-order valence-corrected chi connectivity index (χ1v) is 10.0. The van der Waals surface area contributed by atoms with Crippen molar-refractivity contribution in [2.24, 2.45) is 0 Å². The molecule has 2 aromatic carbocycles. The smallest absolute Gasteiger partial charge is 0.253 e. The van der Waals surface area contributed by atoms with E-state index in [-0.39, 0.29) is 5.91 Å². The molecule has 0 spiro atoms. The van der Waals surface area contributed by atoms with Gasteiger partial charge in [-0.15, -0.1) is 0 Å². The maximum absolute atomic E-state index is 12.8. The van der Waals surface area contributed by atoms with Gasteiger partial charge < -0.3 is 19.1 Å². The quantitative estimate of drug-likeness (QED) is 0.596. The number of para-hydroxylation sites is 1. The van der Waals surface area contributed by atoms with Crippen molar-refractivity contribution in [3.63, 3.8) is 0 Å². The molecule has 0 N–H and O–H groups in total. The molecule has 2 aromatic rings. The van der Waals surface area contributed by atoms with Crippen molar-refractivity contribution >= 4 is 5.91 Å². The van der Waals surface area contributed by atoms with E-state index in [0.717, 1.165) is 18.6 Å². The van der Waals surface area contributed by atoms with Gasteiger partial charge in [-0.2, -0.15) is 0 Å². The molecule has 1 aliphatic carbocycles. The van der Waals surface area contributed by atoms with E-state index in [1.165, 1.54) is 12.8 Å². The molecule has 0 unspecified atom stereocenters. The Balaban J connectivity index is 1.60. The van der Waals surface area contributed by atoms with Gasteiger partial charge >= 0.3 is 0 Å². The number of nitrogens with zero attached hydrogens (tertiary/aromatic N) is 1. The summed E-state index contributed by atoms with van der Waals surface area (Å²) in [4.78, 5) is 14.7. The number of hydrogen-bond acceptors (Lipinski definition) is 4. The van der Waals surface area contributed by atoms with Crippen LogP contribution in [0.4, 0.5) is 0 Å². The monoisotopic (exact) mass is 383 g/mol. The van der Waals surface area contributed by atoms with Crippen LogP contribution in [-0.4, -0.2) is 43.7 Å². The highest BCUT2D eigenvalue weighted by atomic mass is 16.5. The topological polar surface area (TPSA) is 48.0 Å². The minimum Gasteiger partial charge on any atom is -0.490 e. The van der Waals surface area contributed by atoms with Crippen LogP contribution in [0.3, 0.4) is 0 Å². The predicted octanol–water partition coefficient (Wildman–Crippen LogP) is 4.56. The molecule has 5 heteroatoms. The van der Waals surface area contributed by atoms with Gasteiger partial charge in [0.05, 0.1) is 6.61 Å². The molecule has 3 rings (SSSR count). The van der Waals surface area contributed by atoms with E-state index in [9.17, 15) is 4.79 Å². The normalized spacial score (nSPS) is 13.9. The zero-order valence-corrected chi connectivity index (χ0v) is 16.7. The second-order valence-corrected chi connectivity index (χ2v) is 6.96. The number of ether oxygens (including phenoxy) is 3. The Morgan fingerprint density at radius 1 is 0.964 bits per heavy atom. The Kier molecular flexibility index (Phi) is 7.18. The molecule has 5 nitrogen and oxygen atoms in total. The molecular weight excluding hydrogens is 354 g/mol. The first kappa shape index (κ1) is 20.1. The Bertz CT molecular complexity index is 756. The van der Waals surface area contributed by atoms with E-state index >= 15 is 0 Å². The number of amides is 1. The lowest BCUT2D eigenvalue weighted by Gasteiger charge is -2.24. The minimum atomic E-state index is 0.0341. The van der Waals surface area contributed by atoms with Crippen LogP contribution in [0.25, 0.3) is 0 Å². The van der Waals surface area contributed by atoms with Crippen LogP contribution in [0.1, 0.15) is 43.0 Å². The van der Waals surface area contributed by atoms with Crippen LogP contribution in [-0.2, 0) is 0 Å². The number of benzene rings is 2. The lowest BCUT2D eigenvalue weighted by Crippen LogP contribution is -2.35. The molecule has 1 saturated carbocycles. The zero-order chi connectivity index (χ0) is 19.8. The molecular formula is C23H29NO4. The van der Waals surface area contributed by atoms with Crippen molar-refractivity contribution in [3.8, 4) is 17.2 Å². The lowest BCUT2D eigenvalue weighted by atomic mass is 10.1. The molecule has 0 atom stereocenters. The molecule has 0 aromatic heterocycles. The fraction of sp³-hybridized carbons (Fsp3) is 0.435. The summed E-state index contributed by atoms with van der Waals surface area (Å²) in [5.41, 5.74) is 0.630. The van der Waals surface area contributed by atoms with E-state index in [2.05, 4.69) is 0 Å². The number of hydrogen-bond donors (Lipinski definition) is 0. The average molecular weight is 383 g/mol. The van der Waals surface area contributed by atoms with Gasteiger partial charge in [0.2, 0.25) is 0 Å². The Hall–Kier alpha value is -2.69. The van der Waals surface area contributed by atoms with Gasteiger partial charge in [-0.05, 0) is 50.1 Å². The van der Waals surface area contributed by atoms with E-state index in [1.807, 2.05) is 61.3 Å². The molecule has 1 fully saturated rings. The number of carbonyl (C=O) groups excluding carboxylic acids is 1. The standard InChI is InChI=1S/C23H29NO4/c1-3-26-22-17-18(23(25)24(2)19-9-7-8-10-19)13-14-21(22)28-16-15-27-20-11-5-4-6-12-20/h4-6,11-14,17,19H,3,7-10,15-16H2,1-2H3. The van der Waals surface area contributed by atoms with Gasteiger partial charge in [0, 0.05) is 18.7 Å². The van der Waals surface area contributed by atoms with Crippen molar-refractivity contribution in [1.82, 2.24) is 4.90 Å². The highest BCUT2D eigenvalue weighted by Crippen LogP contribution is 2.30. The molecule has 28 heavy (non-hydrogen) atoms. The highest BCUT2D eigenvalue weighted by Gasteiger charge is 2.24. The van der Waals surface area contributed by atoms with Crippen molar-refractivity contribution in [3.05, 3.63) is 54.1 Å². The third kappa shape index (κ3) is 5.18. The molecule has 0 heterocycles. The maximum atomic E-state index is 12.8. The van der Waals surface area contributed by atoms with Crippen molar-refractivity contribution < 1.29 is 19.0 Å². The van der Waals surface area contributed by atoms with Crippen LogP contribution in [0.15, 0.2) is 48.5 Å².